The normalized spacial score (nSPS) is 12.2. The zero-order valence-electron chi connectivity index (χ0n) is 10.7. The highest BCUT2D eigenvalue weighted by atomic mass is 32.2. The average molecular weight is 259 g/mol. The molecule has 17 heavy (non-hydrogen) atoms. The van der Waals surface area contributed by atoms with Gasteiger partial charge in [0, 0.05) is 31.1 Å². The van der Waals surface area contributed by atoms with Crippen LogP contribution in [0, 0.1) is 0 Å². The lowest BCUT2D eigenvalue weighted by molar-refractivity contribution is 0.556. The first-order chi connectivity index (χ1) is 7.94. The minimum Gasteiger partial charge on any atom is -0.332 e. The molecule has 0 aromatic carbocycles. The van der Waals surface area contributed by atoms with Crippen LogP contribution in [-0.2, 0) is 22.9 Å². The van der Waals surface area contributed by atoms with E-state index in [1.54, 1.807) is 19.4 Å². The van der Waals surface area contributed by atoms with Crippen molar-refractivity contribution >= 4 is 9.84 Å². The Bertz CT molecular complexity index is 437. The summed E-state index contributed by atoms with van der Waals surface area (Å²) >= 11 is 0. The Kier molecular flexibility index (Phi) is 5.14. The van der Waals surface area contributed by atoms with Crippen LogP contribution in [-0.4, -0.2) is 35.5 Å². The molecule has 1 N–H and O–H groups in total. The van der Waals surface area contributed by atoms with Crippen LogP contribution >= 0.6 is 0 Å². The lowest BCUT2D eigenvalue weighted by Crippen LogP contribution is -2.24. The quantitative estimate of drug-likeness (QED) is 0.787. The van der Waals surface area contributed by atoms with Gasteiger partial charge in [-0.05, 0) is 0 Å². The Balaban J connectivity index is 2.57. The zero-order valence-corrected chi connectivity index (χ0v) is 11.5. The molecule has 0 saturated heterocycles. The number of imidazole rings is 1. The second-order valence-electron chi connectivity index (χ2n) is 4.35. The summed E-state index contributed by atoms with van der Waals surface area (Å²) in [4.78, 5) is 4.05. The van der Waals surface area contributed by atoms with Crippen LogP contribution in [0.1, 0.15) is 26.5 Å². The minimum absolute atomic E-state index is 0.175. The first kappa shape index (κ1) is 14.2. The predicted molar refractivity (Wildman–Crippen MR) is 68.5 cm³/mol. The van der Waals surface area contributed by atoms with Gasteiger partial charge in [0.05, 0.1) is 17.8 Å². The van der Waals surface area contributed by atoms with E-state index in [0.29, 0.717) is 19.1 Å². The van der Waals surface area contributed by atoms with E-state index < -0.39 is 9.84 Å². The van der Waals surface area contributed by atoms with E-state index in [9.17, 15) is 8.42 Å². The molecule has 0 amide bonds. The second-order valence-corrected chi connectivity index (χ2v) is 6.82. The van der Waals surface area contributed by atoms with E-state index in [4.69, 9.17) is 0 Å². The number of aryl methyl sites for hydroxylation is 1. The maximum Gasteiger partial charge on any atom is 0.151 e. The average Bonchev–Trinajstić information content (AvgIpc) is 2.71. The van der Waals surface area contributed by atoms with Crippen LogP contribution in [0.15, 0.2) is 12.5 Å². The van der Waals surface area contributed by atoms with Crippen molar-refractivity contribution in [2.75, 3.05) is 11.5 Å². The van der Waals surface area contributed by atoms with Gasteiger partial charge in [-0.15, -0.1) is 0 Å². The monoisotopic (exact) mass is 259 g/mol. The molecule has 0 aliphatic rings. The maximum atomic E-state index is 11.4. The summed E-state index contributed by atoms with van der Waals surface area (Å²) in [6.45, 7) is 7.00. The van der Waals surface area contributed by atoms with Gasteiger partial charge in [0.2, 0.25) is 0 Å². The van der Waals surface area contributed by atoms with Crippen LogP contribution in [0.2, 0.25) is 0 Å². The van der Waals surface area contributed by atoms with E-state index >= 15 is 0 Å². The Hall–Kier alpha value is -0.880. The topological polar surface area (TPSA) is 64.0 Å². The lowest BCUT2D eigenvalue weighted by Gasteiger charge is -2.11. The van der Waals surface area contributed by atoms with Crippen molar-refractivity contribution in [3.8, 4) is 0 Å². The van der Waals surface area contributed by atoms with Gasteiger partial charge in [0.1, 0.15) is 0 Å². The fraction of sp³-hybridized carbons (Fsp3) is 0.727. The summed E-state index contributed by atoms with van der Waals surface area (Å²) in [6, 6.07) is 0.401. The Morgan fingerprint density at radius 2 is 2.18 bits per heavy atom. The zero-order chi connectivity index (χ0) is 12.9. The first-order valence-corrected chi connectivity index (χ1v) is 7.69. The molecule has 0 radical (unpaired) electrons. The summed E-state index contributed by atoms with van der Waals surface area (Å²) in [5.74, 6) is 0.371. The third kappa shape index (κ3) is 4.87. The number of hydrogen-bond donors (Lipinski definition) is 1. The SMILES string of the molecule is CCS(=O)(=O)CCn1cncc1CNC(C)C. The van der Waals surface area contributed by atoms with Crippen LogP contribution in [0.25, 0.3) is 0 Å². The molecule has 0 bridgehead atoms. The Morgan fingerprint density at radius 3 is 2.76 bits per heavy atom. The van der Waals surface area contributed by atoms with Gasteiger partial charge < -0.3 is 9.88 Å². The van der Waals surface area contributed by atoms with Crippen molar-refractivity contribution < 1.29 is 8.42 Å². The molecule has 0 spiro atoms. The number of rotatable bonds is 7. The van der Waals surface area contributed by atoms with Gasteiger partial charge in [-0.2, -0.15) is 0 Å². The van der Waals surface area contributed by atoms with Gasteiger partial charge >= 0.3 is 0 Å². The highest BCUT2D eigenvalue weighted by Gasteiger charge is 2.09. The smallest absolute Gasteiger partial charge is 0.151 e. The van der Waals surface area contributed by atoms with Crippen molar-refractivity contribution in [1.82, 2.24) is 14.9 Å². The molecule has 0 fully saturated rings. The summed E-state index contributed by atoms with van der Waals surface area (Å²) < 4.78 is 24.7. The van der Waals surface area contributed by atoms with Gasteiger partial charge in [0.15, 0.2) is 9.84 Å². The Morgan fingerprint density at radius 1 is 1.47 bits per heavy atom. The molecule has 0 unspecified atom stereocenters. The summed E-state index contributed by atoms with van der Waals surface area (Å²) in [5.41, 5.74) is 1.02. The summed E-state index contributed by atoms with van der Waals surface area (Å²) in [6.07, 6.45) is 3.45. The molecule has 0 saturated carbocycles. The molecule has 0 aliphatic carbocycles. The first-order valence-electron chi connectivity index (χ1n) is 5.87. The van der Waals surface area contributed by atoms with Crippen molar-refractivity contribution in [3.63, 3.8) is 0 Å². The number of aromatic nitrogens is 2. The summed E-state index contributed by atoms with van der Waals surface area (Å²) in [5, 5.41) is 3.29. The molecule has 1 rings (SSSR count). The van der Waals surface area contributed by atoms with Crippen molar-refractivity contribution in [1.29, 1.82) is 0 Å². The van der Waals surface area contributed by atoms with Crippen LogP contribution < -0.4 is 5.32 Å². The third-order valence-electron chi connectivity index (χ3n) is 2.57. The second kappa shape index (κ2) is 6.16. The van der Waals surface area contributed by atoms with Crippen molar-refractivity contribution in [2.45, 2.75) is 39.9 Å². The molecule has 98 valence electrons. The number of hydrogen-bond acceptors (Lipinski definition) is 4. The molecule has 5 nitrogen and oxygen atoms in total. The number of nitrogens with one attached hydrogen (secondary N) is 1. The fourth-order valence-electron chi connectivity index (χ4n) is 1.39. The minimum atomic E-state index is -2.91. The molecule has 0 aliphatic heterocycles. The van der Waals surface area contributed by atoms with Crippen LogP contribution in [0.5, 0.6) is 0 Å². The fourth-order valence-corrected chi connectivity index (χ4v) is 2.15. The van der Waals surface area contributed by atoms with Crippen LogP contribution in [0.4, 0.5) is 0 Å². The third-order valence-corrected chi connectivity index (χ3v) is 4.26. The van der Waals surface area contributed by atoms with Gasteiger partial charge in [-0.1, -0.05) is 20.8 Å². The molecular weight excluding hydrogens is 238 g/mol. The van der Waals surface area contributed by atoms with Gasteiger partial charge in [0.25, 0.3) is 0 Å². The predicted octanol–water partition coefficient (Wildman–Crippen LogP) is 0.816. The van der Waals surface area contributed by atoms with E-state index in [1.165, 1.54) is 0 Å². The molecule has 1 aromatic heterocycles. The largest absolute Gasteiger partial charge is 0.332 e. The van der Waals surface area contributed by atoms with E-state index in [1.807, 2.05) is 4.57 Å². The maximum absolute atomic E-state index is 11.4. The van der Waals surface area contributed by atoms with Gasteiger partial charge in [-0.25, -0.2) is 13.4 Å². The highest BCUT2D eigenvalue weighted by Crippen LogP contribution is 2.01. The Labute approximate surface area is 103 Å². The van der Waals surface area contributed by atoms with Crippen molar-refractivity contribution in [2.24, 2.45) is 0 Å². The standard InChI is InChI=1S/C11H21N3O2S/c1-4-17(15,16)6-5-14-9-12-7-11(14)8-13-10(2)3/h7,9-10,13H,4-6,8H2,1-3H3. The lowest BCUT2D eigenvalue weighted by atomic mass is 10.3. The molecule has 1 heterocycles. The summed E-state index contributed by atoms with van der Waals surface area (Å²) in [7, 11) is -2.91. The van der Waals surface area contributed by atoms with Crippen molar-refractivity contribution in [3.05, 3.63) is 18.2 Å². The molecular formula is C11H21N3O2S. The molecule has 6 heteroatoms. The van der Waals surface area contributed by atoms with Crippen LogP contribution in [0.3, 0.4) is 0 Å². The number of nitrogens with zero attached hydrogens (tertiary/aromatic N) is 2. The molecule has 1 aromatic rings. The molecule has 0 atom stereocenters. The van der Waals surface area contributed by atoms with E-state index in [0.717, 1.165) is 5.69 Å². The highest BCUT2D eigenvalue weighted by molar-refractivity contribution is 7.91. The van der Waals surface area contributed by atoms with Gasteiger partial charge in [-0.3, -0.25) is 0 Å². The van der Waals surface area contributed by atoms with E-state index in [-0.39, 0.29) is 11.5 Å². The number of sulfone groups is 1. The van der Waals surface area contributed by atoms with E-state index in [2.05, 4.69) is 24.1 Å².